The summed E-state index contributed by atoms with van der Waals surface area (Å²) < 4.78 is 6.24. The van der Waals surface area contributed by atoms with Crippen molar-refractivity contribution in [3.63, 3.8) is 0 Å². The number of para-hydroxylation sites is 1. The second kappa shape index (κ2) is 8.52. The van der Waals surface area contributed by atoms with Gasteiger partial charge in [-0.25, -0.2) is 0 Å². The van der Waals surface area contributed by atoms with E-state index in [1.807, 2.05) is 6.07 Å². The monoisotopic (exact) mass is 394 g/mol. The Kier molecular flexibility index (Phi) is 5.45. The Morgan fingerprint density at radius 3 is 2.20 bits per heavy atom. The van der Waals surface area contributed by atoms with E-state index in [2.05, 4.69) is 67.6 Å². The molecule has 1 nitrogen and oxygen atoms in total. The molecule has 30 heavy (non-hydrogen) atoms. The van der Waals surface area contributed by atoms with Crippen molar-refractivity contribution in [2.45, 2.75) is 58.3 Å². The van der Waals surface area contributed by atoms with E-state index < -0.39 is 0 Å². The summed E-state index contributed by atoms with van der Waals surface area (Å²) in [5, 5.41) is 7.53. The highest BCUT2D eigenvalue weighted by Gasteiger charge is 2.11. The molecular formula is C29H30O. The van der Waals surface area contributed by atoms with Crippen molar-refractivity contribution < 1.29 is 4.42 Å². The number of unbranched alkanes of at least 4 members (excludes halogenated alkanes) is 6. The third kappa shape index (κ3) is 3.58. The Balaban J connectivity index is 1.41. The minimum Gasteiger partial charge on any atom is -0.455 e. The first-order valence-electron chi connectivity index (χ1n) is 11.6. The predicted octanol–water partition coefficient (Wildman–Crippen LogP) is 9.19. The van der Waals surface area contributed by atoms with Gasteiger partial charge in [0.1, 0.15) is 11.2 Å². The molecule has 0 aliphatic rings. The van der Waals surface area contributed by atoms with Crippen molar-refractivity contribution in [2.75, 3.05) is 0 Å². The standard InChI is InChI=1S/C29H30O/c1-2-3-4-5-6-7-8-11-21-14-16-23-22(20-21)15-17-26-24(23)18-19-27-25-12-9-10-13-28(25)30-29(26)27/h9-10,12-20H,2-8,11H2,1H3. The van der Waals surface area contributed by atoms with E-state index in [4.69, 9.17) is 4.42 Å². The van der Waals surface area contributed by atoms with Crippen LogP contribution in [0.3, 0.4) is 0 Å². The first kappa shape index (κ1) is 19.2. The predicted molar refractivity (Wildman–Crippen MR) is 130 cm³/mol. The summed E-state index contributed by atoms with van der Waals surface area (Å²) in [4.78, 5) is 0. The van der Waals surface area contributed by atoms with E-state index in [0.29, 0.717) is 0 Å². The topological polar surface area (TPSA) is 13.1 Å². The number of aryl methyl sites for hydroxylation is 1. The van der Waals surface area contributed by atoms with Crippen LogP contribution in [0, 0.1) is 0 Å². The first-order valence-corrected chi connectivity index (χ1v) is 11.6. The lowest BCUT2D eigenvalue weighted by atomic mass is 9.97. The third-order valence-electron chi connectivity index (χ3n) is 6.49. The lowest BCUT2D eigenvalue weighted by Gasteiger charge is -2.08. The third-order valence-corrected chi connectivity index (χ3v) is 6.49. The van der Waals surface area contributed by atoms with E-state index in [1.165, 1.54) is 89.2 Å². The van der Waals surface area contributed by atoms with Crippen molar-refractivity contribution >= 4 is 43.5 Å². The zero-order valence-electron chi connectivity index (χ0n) is 17.9. The zero-order chi connectivity index (χ0) is 20.3. The molecule has 0 spiro atoms. The summed E-state index contributed by atoms with van der Waals surface area (Å²) in [6.07, 6.45) is 10.7. The fourth-order valence-corrected chi connectivity index (χ4v) is 4.82. The van der Waals surface area contributed by atoms with Crippen LogP contribution in [0.15, 0.2) is 71.1 Å². The van der Waals surface area contributed by atoms with Crippen LogP contribution in [0.2, 0.25) is 0 Å². The molecule has 0 saturated heterocycles. The van der Waals surface area contributed by atoms with Gasteiger partial charge in [0.2, 0.25) is 0 Å². The highest BCUT2D eigenvalue weighted by Crippen LogP contribution is 2.36. The summed E-state index contributed by atoms with van der Waals surface area (Å²) in [5.74, 6) is 0. The van der Waals surface area contributed by atoms with E-state index in [9.17, 15) is 0 Å². The van der Waals surface area contributed by atoms with Crippen molar-refractivity contribution in [2.24, 2.45) is 0 Å². The summed E-state index contributed by atoms with van der Waals surface area (Å²) >= 11 is 0. The number of hydrogen-bond acceptors (Lipinski definition) is 1. The van der Waals surface area contributed by atoms with Gasteiger partial charge >= 0.3 is 0 Å². The van der Waals surface area contributed by atoms with Crippen LogP contribution in [0.4, 0.5) is 0 Å². The lowest BCUT2D eigenvalue weighted by Crippen LogP contribution is -1.87. The van der Waals surface area contributed by atoms with Crippen LogP contribution in [0.25, 0.3) is 43.5 Å². The minimum atomic E-state index is 0.963. The van der Waals surface area contributed by atoms with Gasteiger partial charge in [0.15, 0.2) is 0 Å². The Hall–Kier alpha value is -2.80. The molecular weight excluding hydrogens is 364 g/mol. The SMILES string of the molecule is CCCCCCCCCc1ccc2c(ccc3c2ccc2c4ccccc4oc23)c1. The Bertz CT molecular complexity index is 1310. The van der Waals surface area contributed by atoms with E-state index in [0.717, 1.165) is 11.2 Å². The van der Waals surface area contributed by atoms with Crippen LogP contribution in [-0.2, 0) is 6.42 Å². The molecule has 0 unspecified atom stereocenters. The largest absolute Gasteiger partial charge is 0.455 e. The highest BCUT2D eigenvalue weighted by molar-refractivity contribution is 6.20. The summed E-state index contributed by atoms with van der Waals surface area (Å²) in [6.45, 7) is 2.28. The van der Waals surface area contributed by atoms with Gasteiger partial charge in [-0.15, -0.1) is 0 Å². The van der Waals surface area contributed by atoms with Crippen LogP contribution in [-0.4, -0.2) is 0 Å². The fraction of sp³-hybridized carbons (Fsp3) is 0.310. The van der Waals surface area contributed by atoms with Crippen molar-refractivity contribution in [1.29, 1.82) is 0 Å². The Morgan fingerprint density at radius 2 is 1.30 bits per heavy atom. The number of benzene rings is 4. The molecule has 0 bridgehead atoms. The molecule has 1 heterocycles. The smallest absolute Gasteiger partial charge is 0.143 e. The second-order valence-electron chi connectivity index (χ2n) is 8.63. The molecule has 1 aromatic heterocycles. The van der Waals surface area contributed by atoms with Crippen LogP contribution < -0.4 is 0 Å². The Morgan fingerprint density at radius 1 is 0.600 bits per heavy atom. The molecule has 5 aromatic rings. The van der Waals surface area contributed by atoms with Gasteiger partial charge in [0, 0.05) is 16.2 Å². The number of hydrogen-bond donors (Lipinski definition) is 0. The fourth-order valence-electron chi connectivity index (χ4n) is 4.82. The van der Waals surface area contributed by atoms with Gasteiger partial charge in [0.25, 0.3) is 0 Å². The van der Waals surface area contributed by atoms with E-state index >= 15 is 0 Å². The average Bonchev–Trinajstić information content (AvgIpc) is 3.17. The zero-order valence-corrected chi connectivity index (χ0v) is 17.9. The average molecular weight is 395 g/mol. The van der Waals surface area contributed by atoms with Gasteiger partial charge in [-0.05, 0) is 52.8 Å². The van der Waals surface area contributed by atoms with Crippen LogP contribution in [0.1, 0.15) is 57.4 Å². The summed E-state index contributed by atoms with van der Waals surface area (Å²) in [5.41, 5.74) is 3.42. The van der Waals surface area contributed by atoms with Crippen molar-refractivity contribution in [1.82, 2.24) is 0 Å². The molecule has 5 rings (SSSR count). The number of furan rings is 1. The van der Waals surface area contributed by atoms with Gasteiger partial charge in [0.05, 0.1) is 0 Å². The van der Waals surface area contributed by atoms with Crippen molar-refractivity contribution in [3.05, 3.63) is 72.3 Å². The maximum atomic E-state index is 6.24. The van der Waals surface area contributed by atoms with Crippen LogP contribution >= 0.6 is 0 Å². The summed E-state index contributed by atoms with van der Waals surface area (Å²) in [7, 11) is 0. The normalized spacial score (nSPS) is 11.9. The van der Waals surface area contributed by atoms with Gasteiger partial charge < -0.3 is 4.42 Å². The molecule has 0 amide bonds. The maximum Gasteiger partial charge on any atom is 0.143 e. The lowest BCUT2D eigenvalue weighted by molar-refractivity contribution is 0.589. The highest BCUT2D eigenvalue weighted by atomic mass is 16.3. The quantitative estimate of drug-likeness (QED) is 0.189. The first-order chi connectivity index (χ1) is 14.8. The van der Waals surface area contributed by atoms with Crippen molar-refractivity contribution in [3.8, 4) is 0 Å². The molecule has 0 aliphatic heterocycles. The molecule has 4 aromatic carbocycles. The molecule has 0 atom stereocenters. The molecule has 0 saturated carbocycles. The molecule has 1 heteroatoms. The van der Waals surface area contributed by atoms with Gasteiger partial charge in [-0.2, -0.15) is 0 Å². The van der Waals surface area contributed by atoms with E-state index in [-0.39, 0.29) is 0 Å². The molecule has 0 fully saturated rings. The van der Waals surface area contributed by atoms with Gasteiger partial charge in [-0.1, -0.05) is 94.0 Å². The van der Waals surface area contributed by atoms with Crippen LogP contribution in [0.5, 0.6) is 0 Å². The maximum absolute atomic E-state index is 6.24. The molecule has 0 aliphatic carbocycles. The molecule has 0 N–H and O–H groups in total. The molecule has 0 radical (unpaired) electrons. The Labute approximate surface area is 178 Å². The second-order valence-corrected chi connectivity index (χ2v) is 8.63. The van der Waals surface area contributed by atoms with Gasteiger partial charge in [-0.3, -0.25) is 0 Å². The summed E-state index contributed by atoms with van der Waals surface area (Å²) in [6, 6.07) is 24.3. The number of rotatable bonds is 8. The molecule has 152 valence electrons. The van der Waals surface area contributed by atoms with E-state index in [1.54, 1.807) is 0 Å². The number of fused-ring (bicyclic) bond motifs is 7. The minimum absolute atomic E-state index is 0.963.